The minimum Gasteiger partial charge on any atom is -0.366 e. The Hall–Kier alpha value is -1.35. The van der Waals surface area contributed by atoms with E-state index >= 15 is 0 Å². The Bertz CT molecular complexity index is 470. The predicted molar refractivity (Wildman–Crippen MR) is 82.6 cm³/mol. The number of hydrogen-bond acceptors (Lipinski definition) is 2. The van der Waals surface area contributed by atoms with Gasteiger partial charge in [0.1, 0.15) is 0 Å². The summed E-state index contributed by atoms with van der Waals surface area (Å²) in [5.41, 5.74) is 8.29. The van der Waals surface area contributed by atoms with Crippen LogP contribution in [-0.2, 0) is 6.54 Å². The lowest BCUT2D eigenvalue weighted by Gasteiger charge is -2.32. The molecule has 0 aliphatic heterocycles. The van der Waals surface area contributed by atoms with E-state index in [1.807, 2.05) is 25.1 Å². The van der Waals surface area contributed by atoms with E-state index in [4.69, 9.17) is 5.73 Å². The monoisotopic (exact) mass is 274 g/mol. The van der Waals surface area contributed by atoms with E-state index in [1.54, 1.807) is 0 Å². The summed E-state index contributed by atoms with van der Waals surface area (Å²) in [4.78, 5) is 11.2. The number of benzene rings is 1. The number of carbonyl (C=O) groups is 1. The maximum absolute atomic E-state index is 11.2. The van der Waals surface area contributed by atoms with Crippen molar-refractivity contribution in [2.24, 2.45) is 11.7 Å². The van der Waals surface area contributed by atoms with E-state index < -0.39 is 0 Å². The first-order valence-corrected chi connectivity index (χ1v) is 7.74. The fraction of sp³-hybridized carbons (Fsp3) is 0.588. The first-order chi connectivity index (χ1) is 9.61. The molecule has 3 N–H and O–H groups in total. The number of carbonyl (C=O) groups excluding carboxylic acids is 1. The molecule has 1 aliphatic carbocycles. The summed E-state index contributed by atoms with van der Waals surface area (Å²) in [5, 5.41) is 3.71. The number of rotatable bonds is 5. The molecular weight excluding hydrogens is 248 g/mol. The maximum atomic E-state index is 11.2. The van der Waals surface area contributed by atoms with E-state index in [1.165, 1.54) is 37.7 Å². The van der Waals surface area contributed by atoms with Gasteiger partial charge in [0.15, 0.2) is 0 Å². The van der Waals surface area contributed by atoms with Crippen LogP contribution < -0.4 is 11.1 Å². The van der Waals surface area contributed by atoms with Crippen LogP contribution in [0.4, 0.5) is 0 Å². The number of nitrogens with one attached hydrogen (secondary N) is 1. The van der Waals surface area contributed by atoms with E-state index in [-0.39, 0.29) is 5.91 Å². The standard InChI is InChI=1S/C17H26N2O/c1-3-13-6-4-5-7-16(13)19-11-15-9-8-14(17(18)20)10-12(15)2/h8-10,13,16,19H,3-7,11H2,1-2H3,(H2,18,20). The molecule has 110 valence electrons. The summed E-state index contributed by atoms with van der Waals surface area (Å²) >= 11 is 0. The van der Waals surface area contributed by atoms with Crippen LogP contribution in [0.25, 0.3) is 0 Å². The molecule has 0 aromatic heterocycles. The summed E-state index contributed by atoms with van der Waals surface area (Å²) in [6.45, 7) is 5.21. The van der Waals surface area contributed by atoms with Crippen LogP contribution in [0.15, 0.2) is 18.2 Å². The largest absolute Gasteiger partial charge is 0.366 e. The van der Waals surface area contributed by atoms with E-state index in [0.717, 1.165) is 18.0 Å². The second-order valence-electron chi connectivity index (χ2n) is 5.95. The highest BCUT2D eigenvalue weighted by atomic mass is 16.1. The minimum absolute atomic E-state index is 0.356. The molecule has 2 unspecified atom stereocenters. The Kier molecular flexibility index (Phi) is 5.18. The fourth-order valence-corrected chi connectivity index (χ4v) is 3.25. The van der Waals surface area contributed by atoms with Gasteiger partial charge in [-0.1, -0.05) is 32.3 Å². The van der Waals surface area contributed by atoms with Crippen LogP contribution in [-0.4, -0.2) is 11.9 Å². The second-order valence-corrected chi connectivity index (χ2v) is 5.95. The lowest BCUT2D eigenvalue weighted by atomic mass is 9.83. The third kappa shape index (κ3) is 3.60. The number of nitrogens with two attached hydrogens (primary N) is 1. The number of primary amides is 1. The molecule has 3 heteroatoms. The van der Waals surface area contributed by atoms with Crippen molar-refractivity contribution >= 4 is 5.91 Å². The lowest BCUT2D eigenvalue weighted by Crippen LogP contribution is -2.38. The predicted octanol–water partition coefficient (Wildman–Crippen LogP) is 3.15. The van der Waals surface area contributed by atoms with Gasteiger partial charge in [-0.05, 0) is 48.9 Å². The first kappa shape index (κ1) is 15.0. The molecule has 1 fully saturated rings. The van der Waals surface area contributed by atoms with Crippen LogP contribution in [0, 0.1) is 12.8 Å². The van der Waals surface area contributed by atoms with Crippen LogP contribution in [0.1, 0.15) is 60.5 Å². The molecular formula is C17H26N2O. The van der Waals surface area contributed by atoms with Gasteiger partial charge in [0, 0.05) is 18.2 Å². The molecule has 0 heterocycles. The zero-order chi connectivity index (χ0) is 14.5. The van der Waals surface area contributed by atoms with Gasteiger partial charge in [0.2, 0.25) is 5.91 Å². The SMILES string of the molecule is CCC1CCCCC1NCc1ccc(C(N)=O)cc1C. The van der Waals surface area contributed by atoms with Crippen molar-refractivity contribution < 1.29 is 4.79 Å². The average Bonchev–Trinajstić information content (AvgIpc) is 2.46. The highest BCUT2D eigenvalue weighted by molar-refractivity contribution is 5.93. The topological polar surface area (TPSA) is 55.1 Å². The smallest absolute Gasteiger partial charge is 0.248 e. The first-order valence-electron chi connectivity index (χ1n) is 7.74. The van der Waals surface area contributed by atoms with Gasteiger partial charge in [0.25, 0.3) is 0 Å². The lowest BCUT2D eigenvalue weighted by molar-refractivity contribution is 0.1000. The van der Waals surface area contributed by atoms with Gasteiger partial charge in [0.05, 0.1) is 0 Å². The van der Waals surface area contributed by atoms with Crippen molar-refractivity contribution in [3.63, 3.8) is 0 Å². The summed E-state index contributed by atoms with van der Waals surface area (Å²) in [6.07, 6.45) is 6.62. The molecule has 20 heavy (non-hydrogen) atoms. The van der Waals surface area contributed by atoms with E-state index in [2.05, 4.69) is 12.2 Å². The van der Waals surface area contributed by atoms with Gasteiger partial charge in [-0.3, -0.25) is 4.79 Å². The Morgan fingerprint density at radius 1 is 1.35 bits per heavy atom. The molecule has 0 radical (unpaired) electrons. The van der Waals surface area contributed by atoms with Crippen molar-refractivity contribution in [2.45, 2.75) is 58.5 Å². The molecule has 0 saturated heterocycles. The van der Waals surface area contributed by atoms with Crippen molar-refractivity contribution in [3.05, 3.63) is 34.9 Å². The highest BCUT2D eigenvalue weighted by Gasteiger charge is 2.22. The van der Waals surface area contributed by atoms with Crippen molar-refractivity contribution in [3.8, 4) is 0 Å². The normalized spacial score (nSPS) is 22.7. The number of hydrogen-bond donors (Lipinski definition) is 2. The number of aryl methyl sites for hydroxylation is 1. The second kappa shape index (κ2) is 6.89. The van der Waals surface area contributed by atoms with Gasteiger partial charge in [-0.15, -0.1) is 0 Å². The van der Waals surface area contributed by atoms with Crippen LogP contribution in [0.2, 0.25) is 0 Å². The van der Waals surface area contributed by atoms with Crippen molar-refractivity contribution in [1.82, 2.24) is 5.32 Å². The molecule has 0 spiro atoms. The Balaban J connectivity index is 1.98. The summed E-state index contributed by atoms with van der Waals surface area (Å²) in [7, 11) is 0. The maximum Gasteiger partial charge on any atom is 0.248 e. The fourth-order valence-electron chi connectivity index (χ4n) is 3.25. The molecule has 2 atom stereocenters. The minimum atomic E-state index is -0.356. The van der Waals surface area contributed by atoms with E-state index in [0.29, 0.717) is 11.6 Å². The highest BCUT2D eigenvalue weighted by Crippen LogP contribution is 2.27. The molecule has 1 aliphatic rings. The Morgan fingerprint density at radius 3 is 2.75 bits per heavy atom. The number of amides is 1. The summed E-state index contributed by atoms with van der Waals surface area (Å²) < 4.78 is 0. The Labute approximate surface area is 121 Å². The average molecular weight is 274 g/mol. The summed E-state index contributed by atoms with van der Waals surface area (Å²) in [6, 6.07) is 6.37. The zero-order valence-corrected chi connectivity index (χ0v) is 12.6. The Morgan fingerprint density at radius 2 is 2.10 bits per heavy atom. The van der Waals surface area contributed by atoms with Gasteiger partial charge in [-0.2, -0.15) is 0 Å². The molecule has 1 aromatic carbocycles. The summed E-state index contributed by atoms with van der Waals surface area (Å²) in [5.74, 6) is 0.458. The van der Waals surface area contributed by atoms with Gasteiger partial charge >= 0.3 is 0 Å². The molecule has 0 bridgehead atoms. The zero-order valence-electron chi connectivity index (χ0n) is 12.6. The van der Waals surface area contributed by atoms with Crippen LogP contribution in [0.3, 0.4) is 0 Å². The quantitative estimate of drug-likeness (QED) is 0.866. The third-order valence-electron chi connectivity index (χ3n) is 4.62. The van der Waals surface area contributed by atoms with Gasteiger partial charge in [-0.25, -0.2) is 0 Å². The van der Waals surface area contributed by atoms with Crippen LogP contribution >= 0.6 is 0 Å². The molecule has 1 saturated carbocycles. The van der Waals surface area contributed by atoms with Crippen molar-refractivity contribution in [2.75, 3.05) is 0 Å². The van der Waals surface area contributed by atoms with Crippen LogP contribution in [0.5, 0.6) is 0 Å². The third-order valence-corrected chi connectivity index (χ3v) is 4.62. The molecule has 2 rings (SSSR count). The molecule has 3 nitrogen and oxygen atoms in total. The molecule has 1 amide bonds. The van der Waals surface area contributed by atoms with E-state index in [9.17, 15) is 4.79 Å². The molecule has 1 aromatic rings. The van der Waals surface area contributed by atoms with Gasteiger partial charge < -0.3 is 11.1 Å². The van der Waals surface area contributed by atoms with Crippen molar-refractivity contribution in [1.29, 1.82) is 0 Å².